The number of carbonyl (C=O) groups excluding carboxylic acids is 1. The number of amides is 1. The predicted molar refractivity (Wildman–Crippen MR) is 118 cm³/mol. The van der Waals surface area contributed by atoms with E-state index in [2.05, 4.69) is 45.6 Å². The molecule has 2 heterocycles. The van der Waals surface area contributed by atoms with Crippen LogP contribution in [0.25, 0.3) is 22.0 Å². The van der Waals surface area contributed by atoms with Gasteiger partial charge in [0.05, 0.1) is 11.2 Å². The molecule has 2 N–H and O–H groups in total. The molecule has 0 saturated heterocycles. The maximum atomic E-state index is 12.0. The molecule has 0 aliphatic rings. The molecule has 2 aromatic carbocycles. The van der Waals surface area contributed by atoms with Crippen molar-refractivity contribution in [1.29, 1.82) is 0 Å². The maximum Gasteiger partial charge on any atom is 0.263 e. The Labute approximate surface area is 172 Å². The van der Waals surface area contributed by atoms with Crippen LogP contribution in [0.1, 0.15) is 26.7 Å². The van der Waals surface area contributed by atoms with Gasteiger partial charge in [0.1, 0.15) is 4.88 Å². The number of pyridine rings is 1. The number of hydrogen-bond acceptors (Lipinski definition) is 4. The van der Waals surface area contributed by atoms with Crippen LogP contribution in [-0.4, -0.2) is 22.4 Å². The number of carbonyl (C=O) groups is 1. The summed E-state index contributed by atoms with van der Waals surface area (Å²) in [7, 11) is 0. The van der Waals surface area contributed by atoms with Gasteiger partial charge in [-0.05, 0) is 60.0 Å². The topological polar surface area (TPSA) is 74.8 Å². The Kier molecular flexibility index (Phi) is 5.53. The second-order valence-corrected chi connectivity index (χ2v) is 8.16. The van der Waals surface area contributed by atoms with Crippen molar-refractivity contribution < 1.29 is 4.79 Å². The van der Waals surface area contributed by atoms with Gasteiger partial charge in [-0.25, -0.2) is 4.98 Å². The van der Waals surface area contributed by atoms with Gasteiger partial charge in [0.25, 0.3) is 5.91 Å². The number of benzene rings is 2. The van der Waals surface area contributed by atoms with E-state index in [9.17, 15) is 9.59 Å². The van der Waals surface area contributed by atoms with Crippen LogP contribution in [0, 0.1) is 6.92 Å². The number of hydrogen-bond donors (Lipinski definition) is 2. The van der Waals surface area contributed by atoms with Crippen molar-refractivity contribution in [3.63, 3.8) is 0 Å². The Balaban J connectivity index is 1.34. The molecule has 0 aliphatic heterocycles. The Morgan fingerprint density at radius 1 is 1.07 bits per heavy atom. The van der Waals surface area contributed by atoms with E-state index in [-0.39, 0.29) is 11.5 Å². The van der Waals surface area contributed by atoms with E-state index in [0.717, 1.165) is 39.9 Å². The number of nitrogens with zero attached hydrogens (tertiary/aromatic N) is 1. The first-order valence-corrected chi connectivity index (χ1v) is 10.3. The van der Waals surface area contributed by atoms with Gasteiger partial charge in [-0.3, -0.25) is 9.59 Å². The molecular weight excluding hydrogens is 382 g/mol. The zero-order chi connectivity index (χ0) is 20.2. The first kappa shape index (κ1) is 19.1. The van der Waals surface area contributed by atoms with E-state index in [0.29, 0.717) is 11.4 Å². The number of thiazole rings is 1. The van der Waals surface area contributed by atoms with E-state index in [4.69, 9.17) is 0 Å². The molecule has 4 aromatic rings. The molecule has 0 unspecified atom stereocenters. The minimum absolute atomic E-state index is 0.0522. The lowest BCUT2D eigenvalue weighted by molar-refractivity contribution is 0.0957. The number of rotatable bonds is 6. The summed E-state index contributed by atoms with van der Waals surface area (Å²) in [4.78, 5) is 31.0. The third-order valence-electron chi connectivity index (χ3n) is 4.78. The van der Waals surface area contributed by atoms with E-state index in [1.54, 1.807) is 12.3 Å². The fourth-order valence-electron chi connectivity index (χ4n) is 3.25. The van der Waals surface area contributed by atoms with Crippen molar-refractivity contribution in [2.45, 2.75) is 19.8 Å². The van der Waals surface area contributed by atoms with Crippen LogP contribution < -0.4 is 10.9 Å². The number of aromatic nitrogens is 2. The zero-order valence-corrected chi connectivity index (χ0v) is 16.9. The van der Waals surface area contributed by atoms with E-state index in [1.165, 1.54) is 16.9 Å². The van der Waals surface area contributed by atoms with Crippen molar-refractivity contribution in [2.24, 2.45) is 0 Å². The first-order chi connectivity index (χ1) is 14.1. The van der Waals surface area contributed by atoms with Gasteiger partial charge in [-0.15, -0.1) is 11.3 Å². The highest BCUT2D eigenvalue weighted by atomic mass is 32.1. The van der Waals surface area contributed by atoms with Gasteiger partial charge in [0, 0.05) is 18.1 Å². The van der Waals surface area contributed by atoms with Gasteiger partial charge in [-0.2, -0.15) is 0 Å². The van der Waals surface area contributed by atoms with Crippen molar-refractivity contribution in [1.82, 2.24) is 15.3 Å². The van der Waals surface area contributed by atoms with Crippen LogP contribution in [-0.2, 0) is 6.42 Å². The molecule has 2 aromatic heterocycles. The summed E-state index contributed by atoms with van der Waals surface area (Å²) in [5.74, 6) is -0.0522. The van der Waals surface area contributed by atoms with Gasteiger partial charge in [0.15, 0.2) is 0 Å². The summed E-state index contributed by atoms with van der Waals surface area (Å²) >= 11 is 1.41. The summed E-state index contributed by atoms with van der Waals surface area (Å²) in [5, 5.41) is 4.86. The quantitative estimate of drug-likeness (QED) is 0.471. The summed E-state index contributed by atoms with van der Waals surface area (Å²) < 4.78 is 0. The zero-order valence-electron chi connectivity index (χ0n) is 16.1. The molecule has 5 nitrogen and oxygen atoms in total. The van der Waals surface area contributed by atoms with Crippen LogP contribution in [0.3, 0.4) is 0 Å². The Morgan fingerprint density at radius 3 is 2.62 bits per heavy atom. The number of fused-ring (bicyclic) bond motifs is 1. The smallest absolute Gasteiger partial charge is 0.263 e. The third kappa shape index (κ3) is 4.60. The summed E-state index contributed by atoms with van der Waals surface area (Å²) in [6.45, 7) is 2.53. The van der Waals surface area contributed by atoms with Crippen molar-refractivity contribution >= 4 is 28.1 Å². The van der Waals surface area contributed by atoms with Gasteiger partial charge >= 0.3 is 0 Å². The normalized spacial score (nSPS) is 10.9. The molecular formula is C23H21N3O2S. The second-order valence-electron chi connectivity index (χ2n) is 6.92. The van der Waals surface area contributed by atoms with Crippen molar-refractivity contribution in [2.75, 3.05) is 6.54 Å². The average Bonchev–Trinajstić information content (AvgIpc) is 3.17. The first-order valence-electron chi connectivity index (χ1n) is 9.51. The van der Waals surface area contributed by atoms with Gasteiger partial charge in [-0.1, -0.05) is 30.3 Å². The van der Waals surface area contributed by atoms with E-state index >= 15 is 0 Å². The molecule has 0 atom stereocenters. The lowest BCUT2D eigenvalue weighted by atomic mass is 10.0. The summed E-state index contributed by atoms with van der Waals surface area (Å²) in [6, 6.07) is 17.9. The molecule has 6 heteroatoms. The number of nitrogens with one attached hydrogen (secondary N) is 2. The van der Waals surface area contributed by atoms with E-state index < -0.39 is 0 Å². The lowest BCUT2D eigenvalue weighted by Crippen LogP contribution is -2.23. The van der Waals surface area contributed by atoms with Crippen LogP contribution in [0.15, 0.2) is 65.6 Å². The van der Waals surface area contributed by atoms with Crippen molar-refractivity contribution in [3.8, 4) is 11.1 Å². The standard InChI is InChI=1S/C23H21N3O2S/c1-15-25-14-21(29-15)23(28)24-12-2-3-16-4-6-17(7-5-16)18-8-10-20-19(13-18)9-11-22(27)26-20/h4-11,13-14H,2-3,12H2,1H3,(H,24,28)(H,26,27). The SMILES string of the molecule is Cc1ncc(C(=O)NCCCc2ccc(-c3ccc4[nH]c(=O)ccc4c3)cc2)s1. The molecule has 29 heavy (non-hydrogen) atoms. The van der Waals surface area contributed by atoms with Gasteiger partial charge < -0.3 is 10.3 Å². The molecule has 0 fully saturated rings. The van der Waals surface area contributed by atoms with E-state index in [1.807, 2.05) is 25.1 Å². The predicted octanol–water partition coefficient (Wildman–Crippen LogP) is 4.32. The molecule has 0 radical (unpaired) electrons. The second kappa shape index (κ2) is 8.41. The van der Waals surface area contributed by atoms with Crippen LogP contribution in [0.4, 0.5) is 0 Å². The van der Waals surface area contributed by atoms with Crippen LogP contribution in [0.2, 0.25) is 0 Å². The molecule has 4 rings (SSSR count). The highest BCUT2D eigenvalue weighted by Gasteiger charge is 2.08. The Hall–Kier alpha value is -3.25. The minimum atomic E-state index is -0.0899. The maximum absolute atomic E-state index is 12.0. The highest BCUT2D eigenvalue weighted by molar-refractivity contribution is 7.13. The third-order valence-corrected chi connectivity index (χ3v) is 5.70. The summed E-state index contributed by atoms with van der Waals surface area (Å²) in [5.41, 5.74) is 4.24. The molecule has 1 amide bonds. The molecule has 146 valence electrons. The molecule has 0 saturated carbocycles. The van der Waals surface area contributed by atoms with Crippen LogP contribution in [0.5, 0.6) is 0 Å². The minimum Gasteiger partial charge on any atom is -0.351 e. The number of aromatic amines is 1. The monoisotopic (exact) mass is 403 g/mol. The largest absolute Gasteiger partial charge is 0.351 e. The highest BCUT2D eigenvalue weighted by Crippen LogP contribution is 2.23. The van der Waals surface area contributed by atoms with Gasteiger partial charge in [0.2, 0.25) is 5.56 Å². The molecule has 0 aliphatic carbocycles. The summed E-state index contributed by atoms with van der Waals surface area (Å²) in [6.07, 6.45) is 3.41. The average molecular weight is 404 g/mol. The number of aryl methyl sites for hydroxylation is 2. The fourth-order valence-corrected chi connectivity index (χ4v) is 3.94. The lowest BCUT2D eigenvalue weighted by Gasteiger charge is -2.07. The molecule has 0 bridgehead atoms. The molecule has 0 spiro atoms. The number of H-pyrrole nitrogens is 1. The fraction of sp³-hybridized carbons (Fsp3) is 0.174. The Morgan fingerprint density at radius 2 is 1.86 bits per heavy atom. The Bertz CT molecular complexity index is 1210. The van der Waals surface area contributed by atoms with Crippen LogP contribution >= 0.6 is 11.3 Å². The van der Waals surface area contributed by atoms with Crippen molar-refractivity contribution in [3.05, 3.63) is 86.6 Å².